The summed E-state index contributed by atoms with van der Waals surface area (Å²) in [5.74, 6) is 3.21. The van der Waals surface area contributed by atoms with E-state index in [0.29, 0.717) is 12.5 Å². The Morgan fingerprint density at radius 3 is 1.81 bits per heavy atom. The first-order chi connectivity index (χ1) is 12.6. The first-order valence-electron chi connectivity index (χ1n) is 10.9. The summed E-state index contributed by atoms with van der Waals surface area (Å²) in [6, 6.07) is 0. The third-order valence-corrected chi connectivity index (χ3v) is 7.97. The third-order valence-electron chi connectivity index (χ3n) is 7.97. The molecule has 2 aliphatic heterocycles. The van der Waals surface area contributed by atoms with Crippen LogP contribution in [0, 0.1) is 23.2 Å². The van der Waals surface area contributed by atoms with E-state index in [0.717, 1.165) is 89.1 Å². The second-order valence-electron chi connectivity index (χ2n) is 9.85. The average molecular weight is 360 g/mol. The van der Waals surface area contributed by atoms with Crippen molar-refractivity contribution in [2.75, 3.05) is 45.8 Å². The molecule has 2 amide bonds. The van der Waals surface area contributed by atoms with Crippen molar-refractivity contribution in [1.29, 1.82) is 0 Å². The summed E-state index contributed by atoms with van der Waals surface area (Å²) in [6.07, 6.45) is 9.94. The van der Waals surface area contributed by atoms with Gasteiger partial charge in [-0.05, 0) is 69.1 Å². The van der Waals surface area contributed by atoms with Gasteiger partial charge in [0.25, 0.3) is 0 Å². The molecule has 0 atom stereocenters. The molecule has 0 aromatic rings. The molecule has 4 saturated carbocycles. The Kier molecular flexibility index (Phi) is 4.26. The summed E-state index contributed by atoms with van der Waals surface area (Å²) >= 11 is 0. The Morgan fingerprint density at radius 1 is 0.731 bits per heavy atom. The number of rotatable bonds is 3. The molecule has 2 heterocycles. The van der Waals surface area contributed by atoms with E-state index in [1.165, 1.54) is 19.3 Å². The SMILES string of the molecule is O=C(CN1CCN(C(=O)C23CC4CC(CC(C4)C2)C3)CC1)N1CCCC1. The van der Waals surface area contributed by atoms with Crippen LogP contribution in [0.2, 0.25) is 0 Å². The van der Waals surface area contributed by atoms with Crippen LogP contribution >= 0.6 is 0 Å². The monoisotopic (exact) mass is 359 g/mol. The molecule has 6 rings (SSSR count). The highest BCUT2D eigenvalue weighted by molar-refractivity contribution is 5.83. The molecular formula is C21H33N3O2. The summed E-state index contributed by atoms with van der Waals surface area (Å²) in [5, 5.41) is 0. The lowest BCUT2D eigenvalue weighted by atomic mass is 9.49. The largest absolute Gasteiger partial charge is 0.342 e. The number of piperazine rings is 1. The summed E-state index contributed by atoms with van der Waals surface area (Å²) < 4.78 is 0. The molecule has 5 nitrogen and oxygen atoms in total. The fourth-order valence-corrected chi connectivity index (χ4v) is 7.07. The molecule has 0 aromatic carbocycles. The molecule has 0 spiro atoms. The minimum Gasteiger partial charge on any atom is -0.342 e. The average Bonchev–Trinajstić information content (AvgIpc) is 3.15. The van der Waals surface area contributed by atoms with E-state index in [9.17, 15) is 9.59 Å². The number of amides is 2. The van der Waals surface area contributed by atoms with Crippen molar-refractivity contribution in [3.8, 4) is 0 Å². The number of carbonyl (C=O) groups is 2. The van der Waals surface area contributed by atoms with Crippen LogP contribution in [0.4, 0.5) is 0 Å². The number of nitrogens with zero attached hydrogens (tertiary/aromatic N) is 3. The van der Waals surface area contributed by atoms with E-state index >= 15 is 0 Å². The molecule has 0 unspecified atom stereocenters. The van der Waals surface area contributed by atoms with Crippen molar-refractivity contribution >= 4 is 11.8 Å². The van der Waals surface area contributed by atoms with Crippen molar-refractivity contribution in [2.24, 2.45) is 23.2 Å². The molecule has 2 saturated heterocycles. The van der Waals surface area contributed by atoms with Gasteiger partial charge < -0.3 is 9.80 Å². The fourth-order valence-electron chi connectivity index (χ4n) is 7.07. The van der Waals surface area contributed by atoms with Crippen molar-refractivity contribution in [3.05, 3.63) is 0 Å². The van der Waals surface area contributed by atoms with E-state index in [-0.39, 0.29) is 11.3 Å². The first kappa shape index (κ1) is 17.0. The van der Waals surface area contributed by atoms with Crippen LogP contribution in [0.3, 0.4) is 0 Å². The molecular weight excluding hydrogens is 326 g/mol. The van der Waals surface area contributed by atoms with E-state index in [4.69, 9.17) is 0 Å². The predicted octanol–water partition coefficient (Wildman–Crippen LogP) is 1.97. The lowest BCUT2D eigenvalue weighted by molar-refractivity contribution is -0.159. The lowest BCUT2D eigenvalue weighted by Gasteiger charge is -2.57. The zero-order valence-corrected chi connectivity index (χ0v) is 16.0. The molecule has 4 aliphatic carbocycles. The van der Waals surface area contributed by atoms with Gasteiger partial charge in [-0.15, -0.1) is 0 Å². The summed E-state index contributed by atoms with van der Waals surface area (Å²) in [7, 11) is 0. The maximum absolute atomic E-state index is 13.4. The van der Waals surface area contributed by atoms with Crippen molar-refractivity contribution < 1.29 is 9.59 Å². The van der Waals surface area contributed by atoms with Gasteiger partial charge in [-0.2, -0.15) is 0 Å². The van der Waals surface area contributed by atoms with Gasteiger partial charge in [-0.1, -0.05) is 0 Å². The Labute approximate surface area is 157 Å². The summed E-state index contributed by atoms with van der Waals surface area (Å²) in [4.78, 5) is 32.2. The molecule has 6 fully saturated rings. The molecule has 26 heavy (non-hydrogen) atoms. The second kappa shape index (κ2) is 6.50. The molecule has 0 N–H and O–H groups in total. The Bertz CT molecular complexity index is 541. The maximum Gasteiger partial charge on any atom is 0.236 e. The number of hydrogen-bond acceptors (Lipinski definition) is 3. The van der Waals surface area contributed by atoms with E-state index in [2.05, 4.69) is 9.80 Å². The topological polar surface area (TPSA) is 43.9 Å². The summed E-state index contributed by atoms with van der Waals surface area (Å²) in [6.45, 7) is 5.75. The van der Waals surface area contributed by atoms with Crippen LogP contribution in [-0.2, 0) is 9.59 Å². The van der Waals surface area contributed by atoms with Crippen molar-refractivity contribution in [2.45, 2.75) is 51.4 Å². The van der Waals surface area contributed by atoms with Crippen LogP contribution in [0.5, 0.6) is 0 Å². The number of likely N-dealkylation sites (tertiary alicyclic amines) is 1. The predicted molar refractivity (Wildman–Crippen MR) is 99.4 cm³/mol. The van der Waals surface area contributed by atoms with Gasteiger partial charge in [0.15, 0.2) is 0 Å². The van der Waals surface area contributed by atoms with Crippen LogP contribution in [0.25, 0.3) is 0 Å². The second-order valence-corrected chi connectivity index (χ2v) is 9.85. The first-order valence-corrected chi connectivity index (χ1v) is 10.9. The Hall–Kier alpha value is -1.10. The lowest BCUT2D eigenvalue weighted by Crippen LogP contribution is -2.58. The fraction of sp³-hybridized carbons (Fsp3) is 0.905. The van der Waals surface area contributed by atoms with Gasteiger partial charge >= 0.3 is 0 Å². The molecule has 6 aliphatic rings. The van der Waals surface area contributed by atoms with Crippen LogP contribution in [-0.4, -0.2) is 72.3 Å². The highest BCUT2D eigenvalue weighted by atomic mass is 16.2. The molecule has 5 heteroatoms. The maximum atomic E-state index is 13.4. The minimum absolute atomic E-state index is 0.0116. The van der Waals surface area contributed by atoms with Crippen molar-refractivity contribution in [3.63, 3.8) is 0 Å². The standard InChI is InChI=1S/C21H33N3O2/c25-19(23-3-1-2-4-23)15-22-5-7-24(8-6-22)20(26)21-12-16-9-17(13-21)11-18(10-16)14-21/h16-18H,1-15H2. The van der Waals surface area contributed by atoms with Gasteiger partial charge in [0.05, 0.1) is 12.0 Å². The van der Waals surface area contributed by atoms with Crippen molar-refractivity contribution in [1.82, 2.24) is 14.7 Å². The van der Waals surface area contributed by atoms with Gasteiger partial charge in [0.1, 0.15) is 0 Å². The smallest absolute Gasteiger partial charge is 0.236 e. The van der Waals surface area contributed by atoms with Crippen LogP contribution in [0.1, 0.15) is 51.4 Å². The van der Waals surface area contributed by atoms with Gasteiger partial charge in [0.2, 0.25) is 11.8 Å². The van der Waals surface area contributed by atoms with E-state index < -0.39 is 0 Å². The van der Waals surface area contributed by atoms with Crippen LogP contribution < -0.4 is 0 Å². The third kappa shape index (κ3) is 2.96. The molecule has 4 bridgehead atoms. The summed E-state index contributed by atoms with van der Waals surface area (Å²) in [5.41, 5.74) is -0.0116. The normalized spacial score (nSPS) is 39.6. The number of hydrogen-bond donors (Lipinski definition) is 0. The number of carbonyl (C=O) groups excluding carboxylic acids is 2. The highest BCUT2D eigenvalue weighted by Crippen LogP contribution is 2.60. The Morgan fingerprint density at radius 2 is 1.27 bits per heavy atom. The quantitative estimate of drug-likeness (QED) is 0.774. The molecule has 0 radical (unpaired) electrons. The highest BCUT2D eigenvalue weighted by Gasteiger charge is 2.55. The zero-order valence-electron chi connectivity index (χ0n) is 16.0. The van der Waals surface area contributed by atoms with Gasteiger partial charge in [-0.3, -0.25) is 14.5 Å². The molecule has 144 valence electrons. The molecule has 0 aromatic heterocycles. The minimum atomic E-state index is -0.0116. The van der Waals surface area contributed by atoms with Gasteiger partial charge in [0, 0.05) is 39.3 Å². The van der Waals surface area contributed by atoms with E-state index in [1.807, 2.05) is 4.90 Å². The van der Waals surface area contributed by atoms with E-state index in [1.54, 1.807) is 0 Å². The Balaban J connectivity index is 1.17. The van der Waals surface area contributed by atoms with Gasteiger partial charge in [-0.25, -0.2) is 0 Å². The van der Waals surface area contributed by atoms with Crippen LogP contribution in [0.15, 0.2) is 0 Å². The zero-order chi connectivity index (χ0) is 17.7.